The summed E-state index contributed by atoms with van der Waals surface area (Å²) in [6.07, 6.45) is 0.428. The number of benzene rings is 2. The van der Waals surface area contributed by atoms with Gasteiger partial charge in [0.25, 0.3) is 0 Å². The molecule has 0 spiro atoms. The van der Waals surface area contributed by atoms with Gasteiger partial charge in [0.15, 0.2) is 0 Å². The van der Waals surface area contributed by atoms with Crippen LogP contribution in [0.5, 0.6) is 0 Å². The van der Waals surface area contributed by atoms with Crippen LogP contribution >= 0.6 is 11.3 Å². The van der Waals surface area contributed by atoms with E-state index in [0.29, 0.717) is 6.04 Å². The maximum atomic E-state index is 10.7. The van der Waals surface area contributed by atoms with Crippen LogP contribution in [0, 0.1) is 0 Å². The minimum Gasteiger partial charge on any atom is -0.388 e. The zero-order valence-electron chi connectivity index (χ0n) is 15.9. The fourth-order valence-corrected chi connectivity index (χ4v) is 5.04. The Hall–Kier alpha value is -1.72. The number of thiophene rings is 1. The van der Waals surface area contributed by atoms with Crippen molar-refractivity contribution >= 4 is 21.4 Å². The lowest BCUT2D eigenvalue weighted by Gasteiger charge is -2.38. The maximum Gasteiger partial charge on any atom is 0.0816 e. The molecular formula is C23H28N2OS. The number of fused-ring (bicyclic) bond motifs is 1. The zero-order valence-corrected chi connectivity index (χ0v) is 16.7. The van der Waals surface area contributed by atoms with Gasteiger partial charge in [0.2, 0.25) is 0 Å². The molecule has 4 heteroatoms. The third-order valence-corrected chi connectivity index (χ3v) is 6.81. The van der Waals surface area contributed by atoms with E-state index in [-0.39, 0.29) is 6.10 Å². The predicted octanol–water partition coefficient (Wildman–Crippen LogP) is 4.70. The highest BCUT2D eigenvalue weighted by molar-refractivity contribution is 7.17. The molecule has 4 rings (SSSR count). The van der Waals surface area contributed by atoms with Crippen LogP contribution in [0.4, 0.5) is 0 Å². The van der Waals surface area contributed by atoms with E-state index in [2.05, 4.69) is 76.7 Å². The van der Waals surface area contributed by atoms with Gasteiger partial charge >= 0.3 is 0 Å². The second-order valence-electron chi connectivity index (χ2n) is 7.46. The Morgan fingerprint density at radius 1 is 0.963 bits per heavy atom. The summed E-state index contributed by atoms with van der Waals surface area (Å²) in [4.78, 5) is 5.06. The van der Waals surface area contributed by atoms with Gasteiger partial charge < -0.3 is 10.0 Å². The van der Waals surface area contributed by atoms with Gasteiger partial charge in [-0.3, -0.25) is 4.90 Å². The molecule has 3 aromatic rings. The molecule has 27 heavy (non-hydrogen) atoms. The topological polar surface area (TPSA) is 26.7 Å². The molecule has 0 amide bonds. The molecule has 3 nitrogen and oxygen atoms in total. The summed E-state index contributed by atoms with van der Waals surface area (Å²) in [6.45, 7) is 7.60. The van der Waals surface area contributed by atoms with Gasteiger partial charge in [0.05, 0.1) is 6.10 Å². The van der Waals surface area contributed by atoms with Crippen LogP contribution in [-0.2, 0) is 0 Å². The summed E-state index contributed by atoms with van der Waals surface area (Å²) in [5.74, 6) is 0. The van der Waals surface area contributed by atoms with Crippen molar-refractivity contribution in [2.45, 2.75) is 25.5 Å². The van der Waals surface area contributed by atoms with Crippen LogP contribution in [0.2, 0.25) is 0 Å². The number of hydrogen-bond donors (Lipinski definition) is 1. The summed E-state index contributed by atoms with van der Waals surface area (Å²) in [5.41, 5.74) is 2.48. The molecular weight excluding hydrogens is 352 g/mol. The van der Waals surface area contributed by atoms with E-state index in [9.17, 15) is 5.11 Å². The van der Waals surface area contributed by atoms with Crippen molar-refractivity contribution in [3.63, 3.8) is 0 Å². The Kier molecular flexibility index (Phi) is 5.89. The van der Waals surface area contributed by atoms with Crippen molar-refractivity contribution in [2.24, 2.45) is 0 Å². The molecule has 2 atom stereocenters. The van der Waals surface area contributed by atoms with E-state index in [1.54, 1.807) is 11.3 Å². The van der Waals surface area contributed by atoms with Crippen molar-refractivity contribution in [3.05, 3.63) is 71.1 Å². The summed E-state index contributed by atoms with van der Waals surface area (Å²) in [5, 5.41) is 14.0. The van der Waals surface area contributed by atoms with E-state index in [0.717, 1.165) is 44.7 Å². The Labute approximate surface area is 165 Å². The second-order valence-corrected chi connectivity index (χ2v) is 8.37. The first-order valence-corrected chi connectivity index (χ1v) is 10.8. The molecule has 1 saturated heterocycles. The molecule has 0 saturated carbocycles. The number of nitrogens with zero attached hydrogens (tertiary/aromatic N) is 2. The average Bonchev–Trinajstić information content (AvgIpc) is 3.17. The summed E-state index contributed by atoms with van der Waals surface area (Å²) >= 11 is 1.72. The highest BCUT2D eigenvalue weighted by Gasteiger charge is 2.22. The van der Waals surface area contributed by atoms with E-state index < -0.39 is 0 Å². The molecule has 1 aliphatic heterocycles. The lowest BCUT2D eigenvalue weighted by Crippen LogP contribution is -2.47. The molecule has 2 unspecified atom stereocenters. The number of hydrogen-bond acceptors (Lipinski definition) is 4. The van der Waals surface area contributed by atoms with Gasteiger partial charge in [-0.2, -0.15) is 0 Å². The number of rotatable bonds is 6. The molecule has 1 aromatic heterocycles. The average molecular weight is 381 g/mol. The first kappa shape index (κ1) is 18.6. The zero-order chi connectivity index (χ0) is 18.6. The highest BCUT2D eigenvalue weighted by atomic mass is 32.1. The standard InChI is InChI=1S/C23H28N2OS/c1-18(19-7-3-2-4-8-19)25-15-13-24(14-16-25)12-11-22(26)21-17-27-23-10-6-5-9-20(21)23/h2-10,17-18,22,26H,11-16H2,1H3. The first-order chi connectivity index (χ1) is 13.2. The third-order valence-electron chi connectivity index (χ3n) is 5.83. The molecule has 142 valence electrons. The minimum absolute atomic E-state index is 0.373. The normalized spacial score (nSPS) is 18.6. The van der Waals surface area contributed by atoms with Gasteiger partial charge in [-0.05, 0) is 41.3 Å². The minimum atomic E-state index is -0.373. The fraction of sp³-hybridized carbons (Fsp3) is 0.391. The van der Waals surface area contributed by atoms with E-state index in [4.69, 9.17) is 0 Å². The SMILES string of the molecule is CC(c1ccccc1)N1CCN(CCC(O)c2csc3ccccc23)CC1. The van der Waals surface area contributed by atoms with Crippen molar-refractivity contribution < 1.29 is 5.11 Å². The molecule has 1 aliphatic rings. The van der Waals surface area contributed by atoms with Gasteiger partial charge in [-0.1, -0.05) is 48.5 Å². The quantitative estimate of drug-likeness (QED) is 0.671. The number of aliphatic hydroxyl groups is 1. The maximum absolute atomic E-state index is 10.7. The summed E-state index contributed by atoms with van der Waals surface area (Å²) in [6, 6.07) is 19.6. The van der Waals surface area contributed by atoms with Crippen LogP contribution in [0.3, 0.4) is 0 Å². The Bertz CT molecular complexity index is 855. The molecule has 2 heterocycles. The Morgan fingerprint density at radius 2 is 1.67 bits per heavy atom. The number of piperazine rings is 1. The van der Waals surface area contributed by atoms with Crippen molar-refractivity contribution in [1.29, 1.82) is 0 Å². The lowest BCUT2D eigenvalue weighted by molar-refractivity contribution is 0.0843. The van der Waals surface area contributed by atoms with Crippen LogP contribution in [0.1, 0.15) is 36.6 Å². The van der Waals surface area contributed by atoms with Gasteiger partial charge in [-0.25, -0.2) is 0 Å². The van der Waals surface area contributed by atoms with Crippen LogP contribution in [-0.4, -0.2) is 47.6 Å². The summed E-state index contributed by atoms with van der Waals surface area (Å²) in [7, 11) is 0. The number of aliphatic hydroxyl groups excluding tert-OH is 1. The largest absolute Gasteiger partial charge is 0.388 e. The molecule has 0 aliphatic carbocycles. The smallest absolute Gasteiger partial charge is 0.0816 e. The predicted molar refractivity (Wildman–Crippen MR) is 114 cm³/mol. The molecule has 1 fully saturated rings. The van der Waals surface area contributed by atoms with E-state index in [1.807, 2.05) is 0 Å². The van der Waals surface area contributed by atoms with Crippen molar-refractivity contribution in [2.75, 3.05) is 32.7 Å². The van der Waals surface area contributed by atoms with E-state index >= 15 is 0 Å². The monoisotopic (exact) mass is 380 g/mol. The van der Waals surface area contributed by atoms with Crippen LogP contribution < -0.4 is 0 Å². The van der Waals surface area contributed by atoms with Gasteiger partial charge in [0, 0.05) is 43.5 Å². The molecule has 0 bridgehead atoms. The van der Waals surface area contributed by atoms with Gasteiger partial charge in [-0.15, -0.1) is 11.3 Å². The first-order valence-electron chi connectivity index (χ1n) is 9.88. The second kappa shape index (κ2) is 8.53. The third kappa shape index (κ3) is 4.25. The van der Waals surface area contributed by atoms with Crippen molar-refractivity contribution in [3.8, 4) is 0 Å². The van der Waals surface area contributed by atoms with Gasteiger partial charge in [0.1, 0.15) is 0 Å². The van der Waals surface area contributed by atoms with Crippen LogP contribution in [0.25, 0.3) is 10.1 Å². The lowest BCUT2D eigenvalue weighted by atomic mass is 10.0. The fourth-order valence-electron chi connectivity index (χ4n) is 4.03. The molecule has 2 aromatic carbocycles. The Balaban J connectivity index is 1.28. The summed E-state index contributed by atoms with van der Waals surface area (Å²) < 4.78 is 1.26. The van der Waals surface area contributed by atoms with E-state index in [1.165, 1.54) is 15.6 Å². The highest BCUT2D eigenvalue weighted by Crippen LogP contribution is 2.31. The Morgan fingerprint density at radius 3 is 2.44 bits per heavy atom. The molecule has 1 N–H and O–H groups in total. The van der Waals surface area contributed by atoms with Crippen molar-refractivity contribution in [1.82, 2.24) is 9.80 Å². The molecule has 0 radical (unpaired) electrons. The van der Waals surface area contributed by atoms with Crippen LogP contribution in [0.15, 0.2) is 60.0 Å².